The van der Waals surface area contributed by atoms with Gasteiger partial charge in [-0.1, -0.05) is 18.6 Å². The Balaban J connectivity index is 1.47. The van der Waals surface area contributed by atoms with Gasteiger partial charge in [0.05, 0.1) is 11.9 Å². The first kappa shape index (κ1) is 27.2. The smallest absolute Gasteiger partial charge is 0.228 e. The van der Waals surface area contributed by atoms with Crippen LogP contribution >= 0.6 is 0 Å². The normalized spacial score (nSPS) is 19.1. The van der Waals surface area contributed by atoms with E-state index < -0.39 is 6.17 Å². The summed E-state index contributed by atoms with van der Waals surface area (Å²) in [6.07, 6.45) is 8.26. The van der Waals surface area contributed by atoms with Crippen LogP contribution in [0.15, 0.2) is 35.2 Å². The number of carbonyl (C=O) groups excluding carboxylic acids is 1. The lowest BCUT2D eigenvalue weighted by atomic mass is 9.95. The number of aliphatic imine (C=N–C) groups is 1. The lowest BCUT2D eigenvalue weighted by Crippen LogP contribution is -2.41. The Bertz CT molecular complexity index is 1110. The van der Waals surface area contributed by atoms with Crippen molar-refractivity contribution in [3.63, 3.8) is 0 Å². The minimum atomic E-state index is -0.851. The van der Waals surface area contributed by atoms with E-state index in [4.69, 9.17) is 0 Å². The topological polar surface area (TPSA) is 65.8 Å². The zero-order valence-electron chi connectivity index (χ0n) is 22.5. The van der Waals surface area contributed by atoms with E-state index in [1.165, 1.54) is 25.0 Å². The molecule has 0 radical (unpaired) electrons. The van der Waals surface area contributed by atoms with Crippen LogP contribution in [0.2, 0.25) is 0 Å². The largest absolute Gasteiger partial charge is 0.310 e. The monoisotopic (exact) mass is 508 g/mol. The SMILES string of the molecule is C=N/C(=C\c1cc(-c2cnn(C)c2CN2CCCCC2)ccc1C)NC(=O)C1CCN(C[C@H](C)F)CC1. The molecule has 4 rings (SSSR count). The lowest BCUT2D eigenvalue weighted by molar-refractivity contribution is -0.125. The van der Waals surface area contributed by atoms with Gasteiger partial charge >= 0.3 is 0 Å². The Morgan fingerprint density at radius 3 is 2.62 bits per heavy atom. The average Bonchev–Trinajstić information content (AvgIpc) is 3.25. The summed E-state index contributed by atoms with van der Waals surface area (Å²) < 4.78 is 15.3. The zero-order valence-corrected chi connectivity index (χ0v) is 22.5. The summed E-state index contributed by atoms with van der Waals surface area (Å²) in [5, 5.41) is 7.54. The summed E-state index contributed by atoms with van der Waals surface area (Å²) >= 11 is 0. The first-order valence-corrected chi connectivity index (χ1v) is 13.5. The number of aromatic nitrogens is 2. The Kier molecular flexibility index (Phi) is 9.27. The van der Waals surface area contributed by atoms with Crippen molar-refractivity contribution < 1.29 is 9.18 Å². The Hall–Kier alpha value is -2.84. The van der Waals surface area contributed by atoms with Gasteiger partial charge < -0.3 is 10.2 Å². The minimum Gasteiger partial charge on any atom is -0.310 e. The zero-order chi connectivity index (χ0) is 26.4. The van der Waals surface area contributed by atoms with Gasteiger partial charge in [-0.15, -0.1) is 0 Å². The van der Waals surface area contributed by atoms with Crippen LogP contribution in [0.3, 0.4) is 0 Å². The number of benzene rings is 1. The van der Waals surface area contributed by atoms with Gasteiger partial charge in [0.25, 0.3) is 0 Å². The number of piperidine rings is 2. The van der Waals surface area contributed by atoms with Crippen LogP contribution in [0.4, 0.5) is 4.39 Å². The van der Waals surface area contributed by atoms with Crippen molar-refractivity contribution in [2.24, 2.45) is 18.0 Å². The molecule has 2 aliphatic heterocycles. The molecule has 1 aromatic carbocycles. The molecule has 0 unspecified atom stereocenters. The maximum atomic E-state index is 13.3. The van der Waals surface area contributed by atoms with E-state index in [-0.39, 0.29) is 11.8 Å². The number of rotatable bonds is 9. The van der Waals surface area contributed by atoms with Gasteiger partial charge in [-0.25, -0.2) is 9.38 Å². The van der Waals surface area contributed by atoms with Gasteiger partial charge in [-0.05, 0) is 101 Å². The molecule has 2 aliphatic rings. The highest BCUT2D eigenvalue weighted by molar-refractivity contribution is 5.82. The van der Waals surface area contributed by atoms with Gasteiger partial charge in [0, 0.05) is 31.6 Å². The molecule has 0 spiro atoms. The van der Waals surface area contributed by atoms with E-state index in [9.17, 15) is 9.18 Å². The quantitative estimate of drug-likeness (QED) is 0.504. The van der Waals surface area contributed by atoms with E-state index in [1.807, 2.05) is 24.0 Å². The molecule has 1 atom stereocenters. The molecule has 1 N–H and O–H groups in total. The number of nitrogens with one attached hydrogen (secondary N) is 1. The molecule has 0 bridgehead atoms. The second kappa shape index (κ2) is 12.6. The summed E-state index contributed by atoms with van der Waals surface area (Å²) in [6.45, 7) is 12.4. The van der Waals surface area contributed by atoms with Crippen molar-refractivity contribution in [2.75, 3.05) is 32.7 Å². The molecule has 200 valence electrons. The summed E-state index contributed by atoms with van der Waals surface area (Å²) in [4.78, 5) is 21.7. The van der Waals surface area contributed by atoms with Crippen molar-refractivity contribution in [3.8, 4) is 11.1 Å². The first-order chi connectivity index (χ1) is 17.8. The number of likely N-dealkylation sites (tertiary alicyclic amines) is 2. The summed E-state index contributed by atoms with van der Waals surface area (Å²) in [5.74, 6) is 0.303. The number of nitrogens with zero attached hydrogens (tertiary/aromatic N) is 5. The van der Waals surface area contributed by atoms with Crippen molar-refractivity contribution in [2.45, 2.75) is 58.7 Å². The molecule has 0 aliphatic carbocycles. The third kappa shape index (κ3) is 7.14. The van der Waals surface area contributed by atoms with Crippen LogP contribution in [0.1, 0.15) is 55.8 Å². The van der Waals surface area contributed by atoms with E-state index in [2.05, 4.69) is 57.0 Å². The van der Waals surface area contributed by atoms with E-state index in [0.29, 0.717) is 12.4 Å². The summed E-state index contributed by atoms with van der Waals surface area (Å²) in [6, 6.07) is 6.37. The maximum Gasteiger partial charge on any atom is 0.228 e. The van der Waals surface area contributed by atoms with Gasteiger partial charge in [0.15, 0.2) is 0 Å². The van der Waals surface area contributed by atoms with Crippen LogP contribution < -0.4 is 5.32 Å². The van der Waals surface area contributed by atoms with Crippen LogP contribution in [-0.4, -0.2) is 71.1 Å². The highest BCUT2D eigenvalue weighted by Crippen LogP contribution is 2.28. The molecule has 2 aromatic rings. The number of amides is 1. The lowest BCUT2D eigenvalue weighted by Gasteiger charge is -2.31. The number of hydrogen-bond acceptors (Lipinski definition) is 5. The van der Waals surface area contributed by atoms with Crippen molar-refractivity contribution in [1.82, 2.24) is 24.9 Å². The van der Waals surface area contributed by atoms with Crippen LogP contribution in [0, 0.1) is 12.8 Å². The number of halogens is 1. The molecule has 1 amide bonds. The maximum absolute atomic E-state index is 13.3. The van der Waals surface area contributed by atoms with Crippen LogP contribution in [0.5, 0.6) is 0 Å². The molecule has 2 saturated heterocycles. The molecule has 1 aromatic heterocycles. The van der Waals surface area contributed by atoms with E-state index >= 15 is 0 Å². The van der Waals surface area contributed by atoms with Crippen LogP contribution in [0.25, 0.3) is 17.2 Å². The van der Waals surface area contributed by atoms with E-state index in [1.54, 1.807) is 6.92 Å². The minimum absolute atomic E-state index is 0.0449. The second-order valence-electron chi connectivity index (χ2n) is 10.6. The standard InChI is InChI=1S/C29H41FN6O/c1-21-8-9-24(26-18-32-34(4)27(26)20-35-12-6-5-7-13-35)16-25(21)17-28(31-3)33-29(37)23-10-14-36(15-11-23)19-22(2)30/h8-9,16-18,22-23H,3,5-7,10-15,19-20H2,1-2,4H3,(H,33,37)/b28-17+/t22-/m0/s1. The number of aryl methyl sites for hydroxylation is 2. The Morgan fingerprint density at radius 1 is 1.22 bits per heavy atom. The highest BCUT2D eigenvalue weighted by atomic mass is 19.1. The molecule has 2 fully saturated rings. The van der Waals surface area contributed by atoms with Gasteiger partial charge in [-0.2, -0.15) is 5.10 Å². The molecule has 37 heavy (non-hydrogen) atoms. The molecule has 3 heterocycles. The highest BCUT2D eigenvalue weighted by Gasteiger charge is 2.26. The molecular formula is C29H41FN6O. The average molecular weight is 509 g/mol. The molecule has 0 saturated carbocycles. The van der Waals surface area contributed by atoms with Gasteiger partial charge in [0.1, 0.15) is 12.0 Å². The third-order valence-electron chi connectivity index (χ3n) is 7.66. The Morgan fingerprint density at radius 2 is 1.95 bits per heavy atom. The Labute approximate surface area is 220 Å². The summed E-state index contributed by atoms with van der Waals surface area (Å²) in [5.41, 5.74) is 5.52. The fourth-order valence-electron chi connectivity index (χ4n) is 5.41. The number of carbonyl (C=O) groups is 1. The van der Waals surface area contributed by atoms with E-state index in [0.717, 1.165) is 67.8 Å². The summed E-state index contributed by atoms with van der Waals surface area (Å²) in [7, 11) is 2.01. The van der Waals surface area contributed by atoms with Gasteiger partial charge in [-0.3, -0.25) is 14.4 Å². The van der Waals surface area contributed by atoms with Crippen LogP contribution in [-0.2, 0) is 18.4 Å². The number of hydrogen-bond donors (Lipinski definition) is 1. The van der Waals surface area contributed by atoms with Crippen molar-refractivity contribution >= 4 is 18.7 Å². The molecular weight excluding hydrogens is 467 g/mol. The predicted octanol–water partition coefficient (Wildman–Crippen LogP) is 4.57. The fourth-order valence-corrected chi connectivity index (χ4v) is 5.41. The molecule has 7 nitrogen and oxygen atoms in total. The van der Waals surface area contributed by atoms with Crippen molar-refractivity contribution in [1.29, 1.82) is 0 Å². The van der Waals surface area contributed by atoms with Crippen molar-refractivity contribution in [3.05, 3.63) is 47.0 Å². The number of alkyl halides is 1. The third-order valence-corrected chi connectivity index (χ3v) is 7.66. The fraction of sp³-hybridized carbons (Fsp3) is 0.552. The second-order valence-corrected chi connectivity index (χ2v) is 10.6. The first-order valence-electron chi connectivity index (χ1n) is 13.5. The predicted molar refractivity (Wildman–Crippen MR) is 148 cm³/mol. The van der Waals surface area contributed by atoms with Gasteiger partial charge in [0.2, 0.25) is 5.91 Å². The molecule has 8 heteroatoms.